The molecule has 0 fully saturated rings. The van der Waals surface area contributed by atoms with Crippen LogP contribution in [0.15, 0.2) is 11.0 Å². The first-order chi connectivity index (χ1) is 9.70. The van der Waals surface area contributed by atoms with Crippen molar-refractivity contribution in [1.29, 1.82) is 0 Å². The molecule has 1 amide bonds. The van der Waals surface area contributed by atoms with E-state index in [4.69, 9.17) is 0 Å². The highest BCUT2D eigenvalue weighted by Gasteiger charge is 2.28. The molecule has 0 aromatic carbocycles. The standard InChI is InChI=1S/C14H18N4O2S/c1-7-6-15-13(21-7)14(4,5)18-12(20)10-11(19)17-9(3)8(2)16-10/h6H,1-5H3,(H,17,19)(H,18,20). The fourth-order valence-corrected chi connectivity index (χ4v) is 2.64. The van der Waals surface area contributed by atoms with E-state index in [9.17, 15) is 9.59 Å². The first kappa shape index (κ1) is 15.4. The maximum atomic E-state index is 12.3. The Bertz CT molecular complexity index is 746. The predicted octanol–water partition coefficient (Wildman–Crippen LogP) is 1.82. The number of aryl methyl sites for hydroxylation is 3. The van der Waals surface area contributed by atoms with E-state index in [1.165, 1.54) is 11.3 Å². The van der Waals surface area contributed by atoms with Gasteiger partial charge in [-0.15, -0.1) is 11.3 Å². The smallest absolute Gasteiger partial charge is 0.279 e. The van der Waals surface area contributed by atoms with Gasteiger partial charge >= 0.3 is 0 Å². The first-order valence-corrected chi connectivity index (χ1v) is 7.35. The number of aromatic nitrogens is 3. The lowest BCUT2D eigenvalue weighted by atomic mass is 10.1. The molecular formula is C14H18N4O2S. The third-order valence-corrected chi connectivity index (χ3v) is 4.37. The van der Waals surface area contributed by atoms with Crippen LogP contribution < -0.4 is 10.9 Å². The fourth-order valence-electron chi connectivity index (χ4n) is 1.82. The van der Waals surface area contributed by atoms with Crippen molar-refractivity contribution < 1.29 is 4.79 Å². The molecule has 2 aromatic heterocycles. The molecule has 0 bridgehead atoms. The van der Waals surface area contributed by atoms with Crippen LogP contribution in [-0.4, -0.2) is 20.9 Å². The average molecular weight is 306 g/mol. The monoisotopic (exact) mass is 306 g/mol. The summed E-state index contributed by atoms with van der Waals surface area (Å²) in [5.41, 5.74) is 0.0123. The van der Waals surface area contributed by atoms with Crippen LogP contribution in [0, 0.1) is 20.8 Å². The highest BCUT2D eigenvalue weighted by atomic mass is 32.1. The summed E-state index contributed by atoms with van der Waals surface area (Å²) in [7, 11) is 0. The molecule has 2 aromatic rings. The Kier molecular flexibility index (Phi) is 3.95. The van der Waals surface area contributed by atoms with Gasteiger partial charge in [-0.25, -0.2) is 9.97 Å². The summed E-state index contributed by atoms with van der Waals surface area (Å²) in [6.45, 7) is 9.14. The Hall–Kier alpha value is -2.02. The number of carbonyl (C=O) groups is 1. The second-order valence-electron chi connectivity index (χ2n) is 5.48. The van der Waals surface area contributed by atoms with E-state index in [0.717, 1.165) is 9.88 Å². The minimum Gasteiger partial charge on any atom is -0.339 e. The summed E-state index contributed by atoms with van der Waals surface area (Å²) in [5.74, 6) is -0.503. The van der Waals surface area contributed by atoms with E-state index >= 15 is 0 Å². The van der Waals surface area contributed by atoms with Crippen LogP contribution in [0.3, 0.4) is 0 Å². The molecule has 0 atom stereocenters. The summed E-state index contributed by atoms with van der Waals surface area (Å²) >= 11 is 1.51. The predicted molar refractivity (Wildman–Crippen MR) is 81.7 cm³/mol. The van der Waals surface area contributed by atoms with E-state index in [1.54, 1.807) is 20.0 Å². The highest BCUT2D eigenvalue weighted by Crippen LogP contribution is 2.24. The molecule has 0 spiro atoms. The van der Waals surface area contributed by atoms with Gasteiger partial charge in [0.2, 0.25) is 0 Å². The van der Waals surface area contributed by atoms with Crippen molar-refractivity contribution in [2.75, 3.05) is 0 Å². The van der Waals surface area contributed by atoms with Crippen molar-refractivity contribution in [3.63, 3.8) is 0 Å². The van der Waals surface area contributed by atoms with Crippen LogP contribution in [0.2, 0.25) is 0 Å². The average Bonchev–Trinajstić information content (AvgIpc) is 2.80. The number of hydrogen-bond acceptors (Lipinski definition) is 5. The van der Waals surface area contributed by atoms with Gasteiger partial charge in [-0.1, -0.05) is 0 Å². The third kappa shape index (κ3) is 3.18. The maximum absolute atomic E-state index is 12.3. The van der Waals surface area contributed by atoms with Crippen LogP contribution in [0.25, 0.3) is 0 Å². The minimum atomic E-state index is -0.664. The Labute approximate surface area is 126 Å². The zero-order valence-corrected chi connectivity index (χ0v) is 13.5. The Morgan fingerprint density at radius 2 is 2.00 bits per heavy atom. The molecule has 2 heterocycles. The lowest BCUT2D eigenvalue weighted by Gasteiger charge is -2.23. The van der Waals surface area contributed by atoms with Crippen LogP contribution in [-0.2, 0) is 5.54 Å². The highest BCUT2D eigenvalue weighted by molar-refractivity contribution is 7.11. The molecule has 0 saturated heterocycles. The summed E-state index contributed by atoms with van der Waals surface area (Å²) < 4.78 is 0. The Balaban J connectivity index is 2.30. The van der Waals surface area contributed by atoms with Crippen LogP contribution in [0.1, 0.15) is 45.6 Å². The number of carbonyl (C=O) groups excluding carboxylic acids is 1. The minimum absolute atomic E-state index is 0.126. The van der Waals surface area contributed by atoms with Crippen molar-refractivity contribution in [2.45, 2.75) is 40.2 Å². The molecule has 2 N–H and O–H groups in total. The van der Waals surface area contributed by atoms with E-state index < -0.39 is 17.0 Å². The Morgan fingerprint density at radius 1 is 1.33 bits per heavy atom. The largest absolute Gasteiger partial charge is 0.339 e. The van der Waals surface area contributed by atoms with Gasteiger partial charge in [0.1, 0.15) is 5.01 Å². The van der Waals surface area contributed by atoms with Gasteiger partial charge in [-0.2, -0.15) is 0 Å². The summed E-state index contributed by atoms with van der Waals surface area (Å²) in [5, 5.41) is 3.60. The second-order valence-corrected chi connectivity index (χ2v) is 6.71. The zero-order chi connectivity index (χ0) is 15.8. The fraction of sp³-hybridized carbons (Fsp3) is 0.429. The number of rotatable bonds is 3. The molecular weight excluding hydrogens is 288 g/mol. The van der Waals surface area contributed by atoms with Gasteiger partial charge in [-0.3, -0.25) is 9.59 Å². The molecule has 0 aliphatic rings. The first-order valence-electron chi connectivity index (χ1n) is 6.53. The topological polar surface area (TPSA) is 87.7 Å². The van der Waals surface area contributed by atoms with E-state index in [1.807, 2.05) is 20.8 Å². The van der Waals surface area contributed by atoms with Gasteiger partial charge < -0.3 is 10.3 Å². The summed E-state index contributed by atoms with van der Waals surface area (Å²) in [4.78, 5) is 36.2. The number of thiazole rings is 1. The van der Waals surface area contributed by atoms with Crippen LogP contribution >= 0.6 is 11.3 Å². The van der Waals surface area contributed by atoms with E-state index in [2.05, 4.69) is 20.3 Å². The number of aromatic amines is 1. The van der Waals surface area contributed by atoms with Crippen molar-refractivity contribution in [3.05, 3.63) is 43.5 Å². The Morgan fingerprint density at radius 3 is 2.57 bits per heavy atom. The van der Waals surface area contributed by atoms with Gasteiger partial charge in [0.25, 0.3) is 11.5 Å². The lowest BCUT2D eigenvalue weighted by Crippen LogP contribution is -2.43. The quantitative estimate of drug-likeness (QED) is 0.905. The molecule has 0 radical (unpaired) electrons. The van der Waals surface area contributed by atoms with Gasteiger partial charge in [-0.05, 0) is 34.6 Å². The third-order valence-electron chi connectivity index (χ3n) is 3.14. The lowest BCUT2D eigenvalue weighted by molar-refractivity contribution is 0.0904. The summed E-state index contributed by atoms with van der Waals surface area (Å²) in [6, 6.07) is 0. The zero-order valence-electron chi connectivity index (χ0n) is 12.7. The van der Waals surface area contributed by atoms with Crippen molar-refractivity contribution in [2.24, 2.45) is 0 Å². The van der Waals surface area contributed by atoms with Gasteiger partial charge in [0.05, 0.1) is 11.2 Å². The molecule has 21 heavy (non-hydrogen) atoms. The number of hydrogen-bond donors (Lipinski definition) is 2. The van der Waals surface area contributed by atoms with Gasteiger partial charge in [0.15, 0.2) is 5.69 Å². The van der Waals surface area contributed by atoms with Gasteiger partial charge in [0, 0.05) is 16.8 Å². The molecule has 7 heteroatoms. The maximum Gasteiger partial charge on any atom is 0.279 e. The van der Waals surface area contributed by atoms with Crippen LogP contribution in [0.4, 0.5) is 0 Å². The number of nitrogens with zero attached hydrogens (tertiary/aromatic N) is 2. The molecule has 2 rings (SSSR count). The number of nitrogens with one attached hydrogen (secondary N) is 2. The molecule has 0 aliphatic carbocycles. The van der Waals surface area contributed by atoms with Crippen molar-refractivity contribution >= 4 is 17.2 Å². The molecule has 0 saturated carbocycles. The van der Waals surface area contributed by atoms with Crippen molar-refractivity contribution in [1.82, 2.24) is 20.3 Å². The molecule has 0 unspecified atom stereocenters. The normalized spacial score (nSPS) is 11.5. The molecule has 112 valence electrons. The molecule has 0 aliphatic heterocycles. The second kappa shape index (κ2) is 5.40. The van der Waals surface area contributed by atoms with Crippen LogP contribution in [0.5, 0.6) is 0 Å². The SMILES string of the molecule is Cc1cnc(C(C)(C)NC(=O)c2nc(C)c(C)[nH]c2=O)s1. The van der Waals surface area contributed by atoms with E-state index in [0.29, 0.717) is 11.4 Å². The van der Waals surface area contributed by atoms with Crippen molar-refractivity contribution in [3.8, 4) is 0 Å². The van der Waals surface area contributed by atoms with E-state index in [-0.39, 0.29) is 5.69 Å². The number of amides is 1. The molecule has 6 nitrogen and oxygen atoms in total. The summed E-state index contributed by atoms with van der Waals surface area (Å²) in [6.07, 6.45) is 1.76. The number of H-pyrrole nitrogens is 1.